The number of benzene rings is 3. The summed E-state index contributed by atoms with van der Waals surface area (Å²) >= 11 is 0. The Kier molecular flexibility index (Phi) is 7.49. The molecule has 0 radical (unpaired) electrons. The zero-order valence-electron chi connectivity index (χ0n) is 20.6. The van der Waals surface area contributed by atoms with Gasteiger partial charge in [-0.2, -0.15) is 0 Å². The predicted molar refractivity (Wildman–Crippen MR) is 138 cm³/mol. The SMILES string of the molecule is CCC(C)C(NC(=O)c1cccc2ccccc12)C(=O)N1CCN(C(=O)c2ccccc2)C(C)C1. The lowest BCUT2D eigenvalue weighted by Gasteiger charge is -2.41. The number of nitrogens with one attached hydrogen (secondary N) is 1. The maximum absolute atomic E-state index is 13.6. The van der Waals surface area contributed by atoms with Gasteiger partial charge in [-0.1, -0.05) is 74.9 Å². The van der Waals surface area contributed by atoms with Crippen LogP contribution in [0.2, 0.25) is 0 Å². The molecule has 0 spiro atoms. The molecule has 0 aliphatic carbocycles. The second-order valence-corrected chi connectivity index (χ2v) is 9.36. The summed E-state index contributed by atoms with van der Waals surface area (Å²) in [6, 6.07) is 21.9. The highest BCUT2D eigenvalue weighted by atomic mass is 16.2. The van der Waals surface area contributed by atoms with E-state index in [-0.39, 0.29) is 29.7 Å². The Morgan fingerprint density at radius 3 is 2.34 bits per heavy atom. The summed E-state index contributed by atoms with van der Waals surface area (Å²) in [6.07, 6.45) is 0.758. The van der Waals surface area contributed by atoms with Crippen molar-refractivity contribution in [3.63, 3.8) is 0 Å². The van der Waals surface area contributed by atoms with Crippen molar-refractivity contribution in [1.29, 1.82) is 0 Å². The number of hydrogen-bond acceptors (Lipinski definition) is 3. The minimum Gasteiger partial charge on any atom is -0.340 e. The quantitative estimate of drug-likeness (QED) is 0.581. The minimum atomic E-state index is -0.630. The molecule has 1 heterocycles. The van der Waals surface area contributed by atoms with E-state index in [4.69, 9.17) is 0 Å². The third-order valence-electron chi connectivity index (χ3n) is 7.02. The molecule has 35 heavy (non-hydrogen) atoms. The van der Waals surface area contributed by atoms with E-state index in [1.54, 1.807) is 11.0 Å². The van der Waals surface area contributed by atoms with E-state index in [9.17, 15) is 14.4 Å². The van der Waals surface area contributed by atoms with Crippen molar-refractivity contribution < 1.29 is 14.4 Å². The van der Waals surface area contributed by atoms with E-state index < -0.39 is 6.04 Å². The standard InChI is InChI=1S/C29H33N3O3/c1-4-20(2)26(30-27(33)25-16-10-14-22-11-8-9-15-24(22)25)29(35)31-17-18-32(21(3)19-31)28(34)23-12-6-5-7-13-23/h5-16,20-21,26H,4,17-19H2,1-3H3,(H,30,33). The summed E-state index contributed by atoms with van der Waals surface area (Å²) in [5.41, 5.74) is 1.22. The zero-order valence-corrected chi connectivity index (χ0v) is 20.6. The third kappa shape index (κ3) is 5.21. The first-order valence-corrected chi connectivity index (χ1v) is 12.3. The summed E-state index contributed by atoms with van der Waals surface area (Å²) in [5, 5.41) is 4.89. The van der Waals surface area contributed by atoms with Crippen LogP contribution in [0.3, 0.4) is 0 Å². The Hall–Kier alpha value is -3.67. The van der Waals surface area contributed by atoms with Crippen LogP contribution in [0.15, 0.2) is 72.8 Å². The number of nitrogens with zero attached hydrogens (tertiary/aromatic N) is 2. The van der Waals surface area contributed by atoms with Gasteiger partial charge in [0.25, 0.3) is 11.8 Å². The summed E-state index contributed by atoms with van der Waals surface area (Å²) in [7, 11) is 0. The Labute approximate surface area is 206 Å². The van der Waals surface area contributed by atoms with E-state index in [2.05, 4.69) is 5.32 Å². The second kappa shape index (κ2) is 10.7. The molecule has 6 heteroatoms. The maximum atomic E-state index is 13.6. The molecule has 1 N–H and O–H groups in total. The molecular formula is C29H33N3O3. The van der Waals surface area contributed by atoms with Gasteiger partial charge in [0, 0.05) is 36.8 Å². The highest BCUT2D eigenvalue weighted by Crippen LogP contribution is 2.21. The number of carbonyl (C=O) groups excluding carboxylic acids is 3. The molecule has 1 saturated heterocycles. The Balaban J connectivity index is 1.48. The fourth-order valence-electron chi connectivity index (χ4n) is 4.73. The van der Waals surface area contributed by atoms with Crippen LogP contribution in [0, 0.1) is 5.92 Å². The van der Waals surface area contributed by atoms with Crippen molar-refractivity contribution in [1.82, 2.24) is 15.1 Å². The highest BCUT2D eigenvalue weighted by molar-refractivity contribution is 6.08. The van der Waals surface area contributed by atoms with E-state index in [1.165, 1.54) is 0 Å². The lowest BCUT2D eigenvalue weighted by molar-refractivity contribution is -0.137. The first kappa shape index (κ1) is 24.5. The van der Waals surface area contributed by atoms with Crippen LogP contribution in [0.25, 0.3) is 10.8 Å². The molecule has 3 atom stereocenters. The Morgan fingerprint density at radius 2 is 1.63 bits per heavy atom. The third-order valence-corrected chi connectivity index (χ3v) is 7.02. The molecular weight excluding hydrogens is 438 g/mol. The van der Waals surface area contributed by atoms with Gasteiger partial charge in [-0.25, -0.2) is 0 Å². The largest absolute Gasteiger partial charge is 0.340 e. The fraction of sp³-hybridized carbons (Fsp3) is 0.345. The van der Waals surface area contributed by atoms with Crippen LogP contribution in [0.1, 0.15) is 47.9 Å². The summed E-state index contributed by atoms with van der Waals surface area (Å²) in [5.74, 6) is -0.383. The molecule has 3 aromatic carbocycles. The monoisotopic (exact) mass is 471 g/mol. The molecule has 0 bridgehead atoms. The van der Waals surface area contributed by atoms with Gasteiger partial charge in [0.05, 0.1) is 0 Å². The average Bonchev–Trinajstić information content (AvgIpc) is 2.90. The van der Waals surface area contributed by atoms with Gasteiger partial charge < -0.3 is 15.1 Å². The molecule has 3 aromatic rings. The summed E-state index contributed by atoms with van der Waals surface area (Å²) in [6.45, 7) is 7.32. The van der Waals surface area contributed by atoms with E-state index in [0.717, 1.165) is 17.2 Å². The molecule has 1 aliphatic heterocycles. The van der Waals surface area contributed by atoms with E-state index >= 15 is 0 Å². The predicted octanol–water partition coefficient (Wildman–Crippen LogP) is 4.36. The molecule has 0 saturated carbocycles. The molecule has 182 valence electrons. The first-order chi connectivity index (χ1) is 16.9. The van der Waals surface area contributed by atoms with Crippen molar-refractivity contribution in [2.45, 2.75) is 39.3 Å². The van der Waals surface area contributed by atoms with Crippen molar-refractivity contribution in [3.8, 4) is 0 Å². The summed E-state index contributed by atoms with van der Waals surface area (Å²) < 4.78 is 0. The van der Waals surface area contributed by atoms with Gasteiger partial charge in [0.15, 0.2) is 0 Å². The minimum absolute atomic E-state index is 0.0204. The lowest BCUT2D eigenvalue weighted by Crippen LogP contribution is -2.60. The Bertz CT molecular complexity index is 1200. The molecule has 3 unspecified atom stereocenters. The van der Waals surface area contributed by atoms with E-state index in [1.807, 2.05) is 92.4 Å². The van der Waals surface area contributed by atoms with Crippen LogP contribution < -0.4 is 5.32 Å². The zero-order chi connectivity index (χ0) is 24.9. The number of rotatable bonds is 6. The normalized spacial score (nSPS) is 17.6. The molecule has 1 fully saturated rings. The number of amides is 3. The summed E-state index contributed by atoms with van der Waals surface area (Å²) in [4.78, 5) is 43.5. The van der Waals surface area contributed by atoms with Crippen LogP contribution in [0.4, 0.5) is 0 Å². The van der Waals surface area contributed by atoms with Crippen LogP contribution in [-0.4, -0.2) is 59.2 Å². The number of hydrogen-bond donors (Lipinski definition) is 1. The van der Waals surface area contributed by atoms with Gasteiger partial charge in [0.1, 0.15) is 6.04 Å². The molecule has 6 nitrogen and oxygen atoms in total. The first-order valence-electron chi connectivity index (χ1n) is 12.3. The highest BCUT2D eigenvalue weighted by Gasteiger charge is 2.35. The fourth-order valence-corrected chi connectivity index (χ4v) is 4.73. The van der Waals surface area contributed by atoms with Gasteiger partial charge in [0.2, 0.25) is 5.91 Å². The van der Waals surface area contributed by atoms with Gasteiger partial charge in [-0.3, -0.25) is 14.4 Å². The smallest absolute Gasteiger partial charge is 0.254 e. The Morgan fingerprint density at radius 1 is 0.943 bits per heavy atom. The maximum Gasteiger partial charge on any atom is 0.254 e. The molecule has 1 aliphatic rings. The second-order valence-electron chi connectivity index (χ2n) is 9.36. The van der Waals surface area contributed by atoms with Crippen molar-refractivity contribution in [3.05, 3.63) is 83.9 Å². The van der Waals surface area contributed by atoms with Gasteiger partial charge in [-0.15, -0.1) is 0 Å². The van der Waals surface area contributed by atoms with Crippen LogP contribution >= 0.6 is 0 Å². The lowest BCUT2D eigenvalue weighted by atomic mass is 9.96. The van der Waals surface area contributed by atoms with Gasteiger partial charge in [-0.05, 0) is 41.8 Å². The number of carbonyl (C=O) groups is 3. The molecule has 4 rings (SSSR count). The average molecular weight is 472 g/mol. The number of piperazine rings is 1. The van der Waals surface area contributed by atoms with Crippen molar-refractivity contribution in [2.75, 3.05) is 19.6 Å². The van der Waals surface area contributed by atoms with Crippen LogP contribution in [0.5, 0.6) is 0 Å². The van der Waals surface area contributed by atoms with Gasteiger partial charge >= 0.3 is 0 Å². The van der Waals surface area contributed by atoms with Crippen LogP contribution in [-0.2, 0) is 4.79 Å². The van der Waals surface area contributed by atoms with Crippen molar-refractivity contribution >= 4 is 28.5 Å². The molecule has 3 amide bonds. The van der Waals surface area contributed by atoms with E-state index in [0.29, 0.717) is 30.8 Å². The number of fused-ring (bicyclic) bond motifs is 1. The van der Waals surface area contributed by atoms with Crippen molar-refractivity contribution in [2.24, 2.45) is 5.92 Å². The molecule has 0 aromatic heterocycles. The topological polar surface area (TPSA) is 69.7 Å².